The maximum Gasteiger partial charge on any atom is 0.0903 e. The molecule has 0 radical (unpaired) electrons. The van der Waals surface area contributed by atoms with E-state index in [1.165, 1.54) is 12.1 Å². The van der Waals surface area contributed by atoms with Gasteiger partial charge in [0, 0.05) is 0 Å². The number of halogens is 1. The first-order chi connectivity index (χ1) is 3.39. The number of rotatable bonds is 0. The van der Waals surface area contributed by atoms with Crippen molar-refractivity contribution in [1.82, 2.24) is 0 Å². The molecule has 2 heteroatoms. The largest absolute Gasteiger partial charge is 0.872 e. The van der Waals surface area contributed by atoms with Crippen LogP contribution in [0.15, 0.2) is 30.3 Å². The highest BCUT2D eigenvalue weighted by atomic mass is 35.5. The number of para-hydroxylation sites is 1. The van der Waals surface area contributed by atoms with Gasteiger partial charge in [-0.2, -0.15) is 0 Å². The van der Waals surface area contributed by atoms with Crippen LogP contribution in [0.5, 0.6) is 5.75 Å². The van der Waals surface area contributed by atoms with Crippen molar-refractivity contribution in [3.63, 3.8) is 0 Å². The Morgan fingerprint density at radius 1 is 1.00 bits per heavy atom. The molecule has 0 unspecified atom stereocenters. The minimum atomic E-state index is 0. The first kappa shape index (κ1) is 7.31. The molecule has 8 heavy (non-hydrogen) atoms. The van der Waals surface area contributed by atoms with Gasteiger partial charge in [-0.25, -0.2) is 0 Å². The lowest BCUT2D eigenvalue weighted by atomic mass is 10.3. The molecule has 0 bridgehead atoms. The van der Waals surface area contributed by atoms with Gasteiger partial charge in [-0.3, -0.25) is 0 Å². The first-order valence-corrected chi connectivity index (χ1v) is 2.11. The Balaban J connectivity index is 0.000000490. The van der Waals surface area contributed by atoms with Gasteiger partial charge in [-0.1, -0.05) is 30.3 Å². The van der Waals surface area contributed by atoms with E-state index in [0.717, 1.165) is 0 Å². The smallest absolute Gasteiger partial charge is 0.0903 e. The Hall–Kier alpha value is -0.690. The second-order valence-electron chi connectivity index (χ2n) is 1.31. The van der Waals surface area contributed by atoms with Gasteiger partial charge in [0.1, 0.15) is 0 Å². The second-order valence-corrected chi connectivity index (χ2v) is 1.31. The van der Waals surface area contributed by atoms with E-state index in [0.29, 0.717) is 0 Å². The van der Waals surface area contributed by atoms with Crippen molar-refractivity contribution in [1.29, 1.82) is 0 Å². The minimum Gasteiger partial charge on any atom is -0.872 e. The van der Waals surface area contributed by atoms with Crippen LogP contribution >= 0.6 is 0 Å². The van der Waals surface area contributed by atoms with E-state index < -0.39 is 0 Å². The first-order valence-electron chi connectivity index (χ1n) is 2.11. The number of hydrogen-bond acceptors (Lipinski definition) is 1. The van der Waals surface area contributed by atoms with Crippen LogP contribution < -0.4 is 5.11 Å². The fourth-order valence-corrected chi connectivity index (χ4v) is 0.420. The highest BCUT2D eigenvalue weighted by Gasteiger charge is 1.64. The molecule has 0 aliphatic heterocycles. The molecule has 0 saturated heterocycles. The van der Waals surface area contributed by atoms with Gasteiger partial charge < -0.3 is 5.11 Å². The van der Waals surface area contributed by atoms with Gasteiger partial charge >= 0.3 is 0 Å². The normalized spacial score (nSPS) is 7.50. The minimum absolute atomic E-state index is 0. The third kappa shape index (κ3) is 1.85. The maximum atomic E-state index is 10.3. The van der Waals surface area contributed by atoms with E-state index in [-0.39, 0.29) is 18.2 Å². The highest BCUT2D eigenvalue weighted by Crippen LogP contribution is 1.98. The van der Waals surface area contributed by atoms with Crippen LogP contribution in [0.3, 0.4) is 0 Å². The average molecular weight is 131 g/mol. The van der Waals surface area contributed by atoms with Crippen LogP contribution in [0.4, 0.5) is 0 Å². The highest BCUT2D eigenvalue weighted by molar-refractivity contribution is 5.17. The molecule has 0 saturated carbocycles. The van der Waals surface area contributed by atoms with Crippen molar-refractivity contribution in [2.24, 2.45) is 0 Å². The van der Waals surface area contributed by atoms with Gasteiger partial charge in [0.2, 0.25) is 0 Å². The van der Waals surface area contributed by atoms with E-state index in [4.69, 9.17) is 0 Å². The molecule has 0 aromatic heterocycles. The third-order valence-corrected chi connectivity index (χ3v) is 0.743. The van der Waals surface area contributed by atoms with Crippen LogP contribution in [0.1, 0.15) is 0 Å². The van der Waals surface area contributed by atoms with E-state index >= 15 is 0 Å². The summed E-state index contributed by atoms with van der Waals surface area (Å²) in [4.78, 5) is 0. The number of benzene rings is 1. The van der Waals surface area contributed by atoms with Crippen LogP contribution in [0, 0.1) is 12.4 Å². The van der Waals surface area contributed by atoms with Crippen LogP contribution in [0.25, 0.3) is 0 Å². The molecule has 1 aromatic rings. The lowest BCUT2D eigenvalue weighted by Gasteiger charge is -1.98. The Morgan fingerprint density at radius 3 is 1.75 bits per heavy atom. The lowest BCUT2D eigenvalue weighted by Crippen LogP contribution is -1.85. The Bertz CT molecular complexity index is 138. The summed E-state index contributed by atoms with van der Waals surface area (Å²) in [5.41, 5.74) is 0. The zero-order valence-electron chi connectivity index (χ0n) is 4.24. The van der Waals surface area contributed by atoms with Gasteiger partial charge in [-0.05, 0) is 0 Å². The summed E-state index contributed by atoms with van der Waals surface area (Å²) < 4.78 is 0. The molecule has 0 fully saturated rings. The SMILES string of the molecule is [ClH2+].[O-]c1ccccc1. The van der Waals surface area contributed by atoms with Gasteiger partial charge in [0.25, 0.3) is 0 Å². The molecule has 0 spiro atoms. The standard InChI is InChI=1S/C6H6O.ClH2/c7-6-4-2-1-3-5-6;/h1-5,7H;1H2/q;+1/p-1. The summed E-state index contributed by atoms with van der Waals surface area (Å²) >= 11 is 0. The summed E-state index contributed by atoms with van der Waals surface area (Å²) in [5, 5.41) is 10.3. The summed E-state index contributed by atoms with van der Waals surface area (Å²) in [6.07, 6.45) is 0. The predicted octanol–water partition coefficient (Wildman–Crippen LogP) is 0.225. The topological polar surface area (TPSA) is 23.1 Å². The summed E-state index contributed by atoms with van der Waals surface area (Å²) in [6.45, 7) is 0. The zero-order valence-corrected chi connectivity index (χ0v) is 5.14. The molecule has 44 valence electrons. The van der Waals surface area contributed by atoms with Crippen molar-refractivity contribution >= 4 is 0 Å². The van der Waals surface area contributed by atoms with Gasteiger partial charge in [-0.15, -0.1) is 5.75 Å². The second kappa shape index (κ2) is 3.33. The summed E-state index contributed by atoms with van der Waals surface area (Å²) in [5.74, 6) is 0.0718. The van der Waals surface area contributed by atoms with Crippen molar-refractivity contribution in [2.75, 3.05) is 0 Å². The van der Waals surface area contributed by atoms with Crippen LogP contribution in [-0.4, -0.2) is 0 Å². The third-order valence-electron chi connectivity index (χ3n) is 0.743. The van der Waals surface area contributed by atoms with Crippen molar-refractivity contribution < 1.29 is 17.5 Å². The molecule has 1 aromatic carbocycles. The molecular formula is C6H7ClO. The molecular weight excluding hydrogens is 124 g/mol. The van der Waals surface area contributed by atoms with Crippen molar-refractivity contribution in [3.05, 3.63) is 30.3 Å². The molecule has 1 nitrogen and oxygen atoms in total. The van der Waals surface area contributed by atoms with Crippen molar-refractivity contribution in [2.45, 2.75) is 0 Å². The summed E-state index contributed by atoms with van der Waals surface area (Å²) in [6, 6.07) is 8.33. The van der Waals surface area contributed by atoms with E-state index in [1.54, 1.807) is 12.1 Å². The van der Waals surface area contributed by atoms with Gasteiger partial charge in [0.15, 0.2) is 0 Å². The Kier molecular flexibility index (Phi) is 3.04. The molecule has 1 rings (SSSR count). The van der Waals surface area contributed by atoms with E-state index in [9.17, 15) is 5.11 Å². The Labute approximate surface area is 54.4 Å². The summed E-state index contributed by atoms with van der Waals surface area (Å²) in [7, 11) is 0. The van der Waals surface area contributed by atoms with Crippen LogP contribution in [0.2, 0.25) is 0 Å². The average Bonchev–Trinajstić information content (AvgIpc) is 1.69. The van der Waals surface area contributed by atoms with Crippen molar-refractivity contribution in [3.8, 4) is 5.75 Å². The fraction of sp³-hybridized carbons (Fsp3) is 0. The monoisotopic (exact) mass is 130 g/mol. The Morgan fingerprint density at radius 2 is 1.50 bits per heavy atom. The quantitative estimate of drug-likeness (QED) is 0.493. The van der Waals surface area contributed by atoms with E-state index in [2.05, 4.69) is 0 Å². The lowest BCUT2D eigenvalue weighted by molar-refractivity contribution is -0.268. The number of hydrogen-bond donors (Lipinski definition) is 0. The molecule has 0 N–H and O–H groups in total. The predicted molar refractivity (Wildman–Crippen MR) is 28.7 cm³/mol. The molecule has 0 amide bonds. The fourth-order valence-electron chi connectivity index (χ4n) is 0.420. The van der Waals surface area contributed by atoms with E-state index in [1.807, 2.05) is 6.07 Å². The maximum absolute atomic E-state index is 10.3. The molecule has 0 heterocycles. The molecule has 0 atom stereocenters. The molecule has 0 aliphatic carbocycles. The molecule has 0 aliphatic rings. The zero-order chi connectivity index (χ0) is 5.11. The van der Waals surface area contributed by atoms with Gasteiger partial charge in [0.05, 0.1) is 12.4 Å². The van der Waals surface area contributed by atoms with Crippen LogP contribution in [-0.2, 0) is 0 Å².